The molecule has 2 aliphatic rings. The molecule has 16 heavy (non-hydrogen) atoms. The van der Waals surface area contributed by atoms with Crippen molar-refractivity contribution in [3.05, 3.63) is 0 Å². The first-order valence-electron chi connectivity index (χ1n) is 6.61. The number of rotatable bonds is 4. The molecule has 2 fully saturated rings. The van der Waals surface area contributed by atoms with Gasteiger partial charge < -0.3 is 10.6 Å². The third kappa shape index (κ3) is 3.21. The van der Waals surface area contributed by atoms with Crippen molar-refractivity contribution in [2.24, 2.45) is 5.41 Å². The summed E-state index contributed by atoms with van der Waals surface area (Å²) in [7, 11) is 0. The summed E-state index contributed by atoms with van der Waals surface area (Å²) >= 11 is 0. The molecule has 0 spiro atoms. The Balaban J connectivity index is 1.72. The van der Waals surface area contributed by atoms with E-state index in [0.29, 0.717) is 24.0 Å². The number of hydrogen-bond donors (Lipinski definition) is 2. The van der Waals surface area contributed by atoms with Crippen molar-refractivity contribution in [1.29, 1.82) is 0 Å². The molecule has 1 atom stereocenters. The molecule has 0 heterocycles. The van der Waals surface area contributed by atoms with Crippen molar-refractivity contribution in [2.75, 3.05) is 6.54 Å². The monoisotopic (exact) mass is 224 g/mol. The van der Waals surface area contributed by atoms with Crippen molar-refractivity contribution in [3.63, 3.8) is 0 Å². The Bertz CT molecular complexity index is 259. The average Bonchev–Trinajstić information content (AvgIpc) is 2.99. The normalized spacial score (nSPS) is 28.8. The molecule has 3 nitrogen and oxygen atoms in total. The van der Waals surface area contributed by atoms with Gasteiger partial charge in [0.15, 0.2) is 0 Å². The zero-order valence-electron chi connectivity index (χ0n) is 10.5. The second-order valence-corrected chi connectivity index (χ2v) is 6.01. The summed E-state index contributed by atoms with van der Waals surface area (Å²) in [5.41, 5.74) is 0.345. The molecule has 3 heteroatoms. The number of amides is 1. The SMILES string of the molecule is CC1(C)CCCCC1NCC(=O)NC1CC1. The Labute approximate surface area is 98.4 Å². The third-order valence-electron chi connectivity index (χ3n) is 3.96. The fourth-order valence-electron chi connectivity index (χ4n) is 2.59. The van der Waals surface area contributed by atoms with E-state index in [4.69, 9.17) is 0 Å². The van der Waals surface area contributed by atoms with Crippen LogP contribution in [-0.2, 0) is 4.79 Å². The van der Waals surface area contributed by atoms with Gasteiger partial charge in [-0.1, -0.05) is 26.7 Å². The van der Waals surface area contributed by atoms with Crippen LogP contribution in [0.3, 0.4) is 0 Å². The molecule has 2 aliphatic carbocycles. The first kappa shape index (κ1) is 11.9. The molecule has 0 bridgehead atoms. The Kier molecular flexibility index (Phi) is 3.53. The van der Waals surface area contributed by atoms with E-state index in [9.17, 15) is 4.79 Å². The van der Waals surface area contributed by atoms with Crippen LogP contribution in [0.1, 0.15) is 52.4 Å². The second kappa shape index (κ2) is 4.74. The summed E-state index contributed by atoms with van der Waals surface area (Å²) in [6.07, 6.45) is 7.45. The van der Waals surface area contributed by atoms with Crippen LogP contribution in [0, 0.1) is 5.41 Å². The van der Waals surface area contributed by atoms with Crippen molar-refractivity contribution < 1.29 is 4.79 Å². The van der Waals surface area contributed by atoms with Gasteiger partial charge in [0.05, 0.1) is 6.54 Å². The molecule has 1 amide bonds. The van der Waals surface area contributed by atoms with Crippen LogP contribution in [0.15, 0.2) is 0 Å². The second-order valence-electron chi connectivity index (χ2n) is 6.01. The van der Waals surface area contributed by atoms with E-state index in [1.807, 2.05) is 0 Å². The van der Waals surface area contributed by atoms with Gasteiger partial charge in [0.25, 0.3) is 0 Å². The highest BCUT2D eigenvalue weighted by Gasteiger charge is 2.32. The van der Waals surface area contributed by atoms with Gasteiger partial charge in [-0.25, -0.2) is 0 Å². The zero-order chi connectivity index (χ0) is 11.6. The largest absolute Gasteiger partial charge is 0.352 e. The highest BCUT2D eigenvalue weighted by molar-refractivity contribution is 5.78. The Hall–Kier alpha value is -0.570. The van der Waals surface area contributed by atoms with Crippen LogP contribution in [0.5, 0.6) is 0 Å². The lowest BCUT2D eigenvalue weighted by molar-refractivity contribution is -0.120. The molecule has 0 aromatic heterocycles. The molecule has 0 radical (unpaired) electrons. The van der Waals surface area contributed by atoms with Gasteiger partial charge in [-0.3, -0.25) is 4.79 Å². The lowest BCUT2D eigenvalue weighted by atomic mass is 9.73. The van der Waals surface area contributed by atoms with E-state index < -0.39 is 0 Å². The number of nitrogens with one attached hydrogen (secondary N) is 2. The van der Waals surface area contributed by atoms with Crippen molar-refractivity contribution in [1.82, 2.24) is 10.6 Å². The quantitative estimate of drug-likeness (QED) is 0.765. The van der Waals surface area contributed by atoms with Crippen molar-refractivity contribution >= 4 is 5.91 Å². The van der Waals surface area contributed by atoms with Crippen molar-refractivity contribution in [3.8, 4) is 0 Å². The third-order valence-corrected chi connectivity index (χ3v) is 3.96. The molecule has 0 aromatic carbocycles. The molecular weight excluding hydrogens is 200 g/mol. The lowest BCUT2D eigenvalue weighted by Gasteiger charge is -2.39. The first-order valence-corrected chi connectivity index (χ1v) is 6.61. The minimum Gasteiger partial charge on any atom is -0.352 e. The molecular formula is C13H24N2O. The van der Waals surface area contributed by atoms with Gasteiger partial charge >= 0.3 is 0 Å². The number of hydrogen-bond acceptors (Lipinski definition) is 2. The summed E-state index contributed by atoms with van der Waals surface area (Å²) in [4.78, 5) is 11.6. The summed E-state index contributed by atoms with van der Waals surface area (Å²) in [6, 6.07) is 0.986. The Morgan fingerprint density at radius 3 is 2.62 bits per heavy atom. The van der Waals surface area contributed by atoms with Crippen LogP contribution in [-0.4, -0.2) is 24.5 Å². The summed E-state index contributed by atoms with van der Waals surface area (Å²) in [6.45, 7) is 5.11. The maximum absolute atomic E-state index is 11.6. The predicted octanol–water partition coefficient (Wildman–Crippen LogP) is 1.82. The maximum Gasteiger partial charge on any atom is 0.234 e. The van der Waals surface area contributed by atoms with Gasteiger partial charge in [-0.2, -0.15) is 0 Å². The molecule has 92 valence electrons. The average molecular weight is 224 g/mol. The standard InChI is InChI=1S/C13H24N2O/c1-13(2)8-4-3-5-11(13)14-9-12(16)15-10-6-7-10/h10-11,14H,3-9H2,1-2H3,(H,15,16). The van der Waals surface area contributed by atoms with Crippen LogP contribution >= 0.6 is 0 Å². The Morgan fingerprint density at radius 2 is 2.00 bits per heavy atom. The summed E-state index contributed by atoms with van der Waals surface area (Å²) < 4.78 is 0. The van der Waals surface area contributed by atoms with Crippen LogP contribution in [0.25, 0.3) is 0 Å². The van der Waals surface area contributed by atoms with E-state index in [-0.39, 0.29) is 5.91 Å². The first-order chi connectivity index (χ1) is 7.58. The van der Waals surface area contributed by atoms with Gasteiger partial charge in [0.1, 0.15) is 0 Å². The van der Waals surface area contributed by atoms with Gasteiger partial charge in [-0.05, 0) is 31.1 Å². The van der Waals surface area contributed by atoms with Crippen LogP contribution in [0.2, 0.25) is 0 Å². The lowest BCUT2D eigenvalue weighted by Crippen LogP contribution is -2.48. The highest BCUT2D eigenvalue weighted by atomic mass is 16.2. The fraction of sp³-hybridized carbons (Fsp3) is 0.923. The summed E-state index contributed by atoms with van der Waals surface area (Å²) in [5, 5.41) is 6.45. The van der Waals surface area contributed by atoms with Gasteiger partial charge in [0, 0.05) is 12.1 Å². The molecule has 2 saturated carbocycles. The van der Waals surface area contributed by atoms with Crippen LogP contribution < -0.4 is 10.6 Å². The van der Waals surface area contributed by atoms with E-state index in [1.54, 1.807) is 0 Å². The number of carbonyl (C=O) groups is 1. The predicted molar refractivity (Wildman–Crippen MR) is 65.2 cm³/mol. The van der Waals surface area contributed by atoms with E-state index in [1.165, 1.54) is 38.5 Å². The summed E-state index contributed by atoms with van der Waals surface area (Å²) in [5.74, 6) is 0.170. The van der Waals surface area contributed by atoms with Crippen LogP contribution in [0.4, 0.5) is 0 Å². The number of carbonyl (C=O) groups excluding carboxylic acids is 1. The van der Waals surface area contributed by atoms with Gasteiger partial charge in [-0.15, -0.1) is 0 Å². The van der Waals surface area contributed by atoms with Crippen molar-refractivity contribution in [2.45, 2.75) is 64.5 Å². The van der Waals surface area contributed by atoms with E-state index >= 15 is 0 Å². The minimum absolute atomic E-state index is 0.170. The molecule has 0 saturated heterocycles. The minimum atomic E-state index is 0.170. The maximum atomic E-state index is 11.6. The highest BCUT2D eigenvalue weighted by Crippen LogP contribution is 2.35. The molecule has 0 aromatic rings. The molecule has 1 unspecified atom stereocenters. The van der Waals surface area contributed by atoms with E-state index in [0.717, 1.165) is 0 Å². The molecule has 2 rings (SSSR count). The molecule has 2 N–H and O–H groups in total. The fourth-order valence-corrected chi connectivity index (χ4v) is 2.59. The Morgan fingerprint density at radius 1 is 1.25 bits per heavy atom. The van der Waals surface area contributed by atoms with E-state index in [2.05, 4.69) is 24.5 Å². The molecule has 0 aliphatic heterocycles. The zero-order valence-corrected chi connectivity index (χ0v) is 10.5. The topological polar surface area (TPSA) is 41.1 Å². The van der Waals surface area contributed by atoms with Gasteiger partial charge in [0.2, 0.25) is 5.91 Å². The smallest absolute Gasteiger partial charge is 0.234 e.